The van der Waals surface area contributed by atoms with E-state index in [0.29, 0.717) is 0 Å². The molecule has 0 bridgehead atoms. The molecule has 1 heterocycles. The molecule has 11 aromatic carbocycles. The molecule has 1 aromatic heterocycles. The molecular weight excluding hydrogens is 993 g/mol. The van der Waals surface area contributed by atoms with Gasteiger partial charge in [0.1, 0.15) is 0 Å². The molecular formula is C75H58N2S2. The molecule has 0 N–H and O–H groups in total. The highest BCUT2D eigenvalue weighted by Gasteiger charge is 2.54. The summed E-state index contributed by atoms with van der Waals surface area (Å²) in [6.07, 6.45) is 8.63. The standard InChI is InChI=1S/C73H52N2S2.C2H6/c1-5-47(43-46(4)53-29-18-22-39-67(53)76)74(48-25-10-8-11-26-48)66-45-64-69(52(7-3)51(66)6-2)70-58-34-15-14-30-54(58)61-44-50(41-42-59(61)71(70)73(64)62-36-20-16-31-55(62)56-32-17-21-37-63(56)73)75(49-27-12-9-13-28-49)65-38-24-35-60-57-33-19-23-40-68(57)77-72(60)65;1-2/h5-45,76H,2-3H2,1,4H3;1-2H3/b46-43+,47-5+;. The summed E-state index contributed by atoms with van der Waals surface area (Å²) in [5.41, 5.74) is 20.0. The van der Waals surface area contributed by atoms with E-state index in [0.717, 1.165) is 61.3 Å². The van der Waals surface area contributed by atoms with Crippen LogP contribution in [0.25, 0.3) is 81.7 Å². The van der Waals surface area contributed by atoms with Crippen molar-refractivity contribution in [3.05, 3.63) is 294 Å². The van der Waals surface area contributed by atoms with Gasteiger partial charge in [-0.2, -0.15) is 0 Å². The van der Waals surface area contributed by atoms with E-state index in [4.69, 9.17) is 12.6 Å². The molecule has 14 rings (SSSR count). The van der Waals surface area contributed by atoms with Gasteiger partial charge in [-0.25, -0.2) is 0 Å². The minimum atomic E-state index is -0.731. The first-order valence-electron chi connectivity index (χ1n) is 27.3. The van der Waals surface area contributed by atoms with Gasteiger partial charge in [0.25, 0.3) is 0 Å². The third-order valence-electron chi connectivity index (χ3n) is 16.2. The van der Waals surface area contributed by atoms with E-state index in [1.165, 1.54) is 86.2 Å². The lowest BCUT2D eigenvalue weighted by Gasteiger charge is -2.34. The predicted octanol–water partition coefficient (Wildman–Crippen LogP) is 21.9. The number of fused-ring (bicyclic) bond motifs is 18. The normalized spacial score (nSPS) is 13.0. The van der Waals surface area contributed by atoms with E-state index in [9.17, 15) is 0 Å². The summed E-state index contributed by atoms with van der Waals surface area (Å²) in [5.74, 6) is 0. The Morgan fingerprint density at radius 1 is 0.494 bits per heavy atom. The molecule has 0 atom stereocenters. The fourth-order valence-corrected chi connectivity index (χ4v) is 14.6. The van der Waals surface area contributed by atoms with Crippen LogP contribution in [0.5, 0.6) is 0 Å². The molecule has 0 saturated carbocycles. The first kappa shape index (κ1) is 49.6. The number of hydrogen-bond acceptors (Lipinski definition) is 4. The lowest BCUT2D eigenvalue weighted by atomic mass is 9.68. The summed E-state index contributed by atoms with van der Waals surface area (Å²) < 4.78 is 2.55. The molecule has 1 spiro atoms. The first-order chi connectivity index (χ1) is 38.9. The molecule has 4 heteroatoms. The molecule has 380 valence electrons. The molecule has 2 aliphatic rings. The topological polar surface area (TPSA) is 6.48 Å². The maximum absolute atomic E-state index is 4.92. The Hall–Kier alpha value is -8.93. The Kier molecular flexibility index (Phi) is 12.7. The number of anilines is 5. The molecule has 0 amide bonds. The quantitative estimate of drug-likeness (QED) is 0.0828. The van der Waals surface area contributed by atoms with Crippen molar-refractivity contribution in [2.45, 2.75) is 38.0 Å². The van der Waals surface area contributed by atoms with Crippen LogP contribution >= 0.6 is 24.0 Å². The molecule has 0 radical (unpaired) electrons. The van der Waals surface area contributed by atoms with Gasteiger partial charge in [0.2, 0.25) is 0 Å². The molecule has 12 aromatic rings. The average Bonchev–Trinajstić information content (AvgIpc) is 3.35. The number of nitrogens with zero attached hydrogens (tertiary/aromatic N) is 2. The van der Waals surface area contributed by atoms with E-state index in [1.54, 1.807) is 0 Å². The Labute approximate surface area is 473 Å². The molecule has 0 unspecified atom stereocenters. The van der Waals surface area contributed by atoms with Crippen molar-refractivity contribution < 1.29 is 0 Å². The number of benzene rings is 11. The van der Waals surface area contributed by atoms with Crippen molar-refractivity contribution in [3.8, 4) is 22.3 Å². The van der Waals surface area contributed by atoms with Gasteiger partial charge in [-0.05, 0) is 163 Å². The number of thiophene rings is 1. The largest absolute Gasteiger partial charge is 0.310 e. The summed E-state index contributed by atoms with van der Waals surface area (Å²) in [6.45, 7) is 17.6. The zero-order valence-corrected chi connectivity index (χ0v) is 46.5. The van der Waals surface area contributed by atoms with Gasteiger partial charge in [-0.15, -0.1) is 24.0 Å². The Morgan fingerprint density at radius 2 is 1.09 bits per heavy atom. The van der Waals surface area contributed by atoms with E-state index < -0.39 is 5.41 Å². The highest BCUT2D eigenvalue weighted by atomic mass is 32.1. The van der Waals surface area contributed by atoms with Crippen molar-refractivity contribution in [3.63, 3.8) is 0 Å². The lowest BCUT2D eigenvalue weighted by Crippen LogP contribution is -2.27. The monoisotopic (exact) mass is 1050 g/mol. The van der Waals surface area contributed by atoms with E-state index >= 15 is 0 Å². The van der Waals surface area contributed by atoms with Crippen molar-refractivity contribution in [1.82, 2.24) is 0 Å². The number of rotatable bonds is 10. The summed E-state index contributed by atoms with van der Waals surface area (Å²) in [6, 6.07) is 82.6. The van der Waals surface area contributed by atoms with E-state index in [2.05, 4.69) is 273 Å². The van der Waals surface area contributed by atoms with Gasteiger partial charge >= 0.3 is 0 Å². The maximum atomic E-state index is 4.92. The fraction of sp³-hybridized carbons (Fsp3) is 0.0667. The second kappa shape index (κ2) is 20.1. The summed E-state index contributed by atoms with van der Waals surface area (Å²) in [7, 11) is 0. The minimum Gasteiger partial charge on any atom is -0.310 e. The number of para-hydroxylation sites is 2. The second-order valence-electron chi connectivity index (χ2n) is 20.1. The van der Waals surface area contributed by atoms with Gasteiger partial charge in [0, 0.05) is 48.7 Å². The third kappa shape index (κ3) is 7.53. The first-order valence-corrected chi connectivity index (χ1v) is 28.6. The average molecular weight is 1050 g/mol. The van der Waals surface area contributed by atoms with Crippen LogP contribution in [0.3, 0.4) is 0 Å². The molecule has 2 aliphatic carbocycles. The molecule has 0 aliphatic heterocycles. The van der Waals surface area contributed by atoms with Crippen LogP contribution in [-0.4, -0.2) is 0 Å². The van der Waals surface area contributed by atoms with Crippen molar-refractivity contribution in [2.75, 3.05) is 9.80 Å². The minimum absolute atomic E-state index is 0.731. The van der Waals surface area contributed by atoms with Crippen LogP contribution in [0.2, 0.25) is 0 Å². The second-order valence-corrected chi connectivity index (χ2v) is 21.6. The van der Waals surface area contributed by atoms with Crippen LogP contribution < -0.4 is 9.80 Å². The van der Waals surface area contributed by atoms with Crippen LogP contribution in [-0.2, 0) is 5.41 Å². The summed E-state index contributed by atoms with van der Waals surface area (Å²) in [4.78, 5) is 5.81. The highest BCUT2D eigenvalue weighted by Crippen LogP contribution is 2.67. The van der Waals surface area contributed by atoms with Crippen molar-refractivity contribution in [2.24, 2.45) is 0 Å². The van der Waals surface area contributed by atoms with E-state index in [1.807, 2.05) is 37.3 Å². The highest BCUT2D eigenvalue weighted by molar-refractivity contribution is 7.80. The Balaban J connectivity index is 0.00000293. The van der Waals surface area contributed by atoms with Gasteiger partial charge in [0.05, 0.1) is 21.5 Å². The summed E-state index contributed by atoms with van der Waals surface area (Å²) in [5, 5.41) is 7.37. The smallest absolute Gasteiger partial charge is 0.0732 e. The van der Waals surface area contributed by atoms with Gasteiger partial charge in [-0.3, -0.25) is 0 Å². The van der Waals surface area contributed by atoms with Gasteiger partial charge < -0.3 is 9.80 Å². The Morgan fingerprint density at radius 3 is 1.77 bits per heavy atom. The van der Waals surface area contributed by atoms with Crippen LogP contribution in [0, 0.1) is 0 Å². The summed E-state index contributed by atoms with van der Waals surface area (Å²) >= 11 is 6.78. The number of allylic oxidation sites excluding steroid dienone is 3. The van der Waals surface area contributed by atoms with Gasteiger partial charge in [0.15, 0.2) is 0 Å². The fourth-order valence-electron chi connectivity index (χ4n) is 13.1. The molecule has 0 saturated heterocycles. The number of thiol groups is 1. The van der Waals surface area contributed by atoms with Crippen LogP contribution in [0.15, 0.2) is 260 Å². The molecule has 79 heavy (non-hydrogen) atoms. The zero-order valence-electron chi connectivity index (χ0n) is 44.8. The van der Waals surface area contributed by atoms with Gasteiger partial charge in [-0.1, -0.05) is 209 Å². The SMILES string of the molecule is C=Cc1c(N(C(/C=C(\C)c2ccccc2S)=C/C)c2ccccc2)cc2c(c1C=C)-c1c(c3ccc(N(c4ccccc4)c4cccc5c4sc4ccccc45)cc3c3ccccc13)C21c2ccccc2-c2ccccc21.CC. The molecule has 2 nitrogen and oxygen atoms in total. The van der Waals surface area contributed by atoms with Crippen molar-refractivity contribution in [1.29, 1.82) is 0 Å². The zero-order chi connectivity index (χ0) is 53.9. The lowest BCUT2D eigenvalue weighted by molar-refractivity contribution is 0.801. The molecule has 0 fully saturated rings. The van der Waals surface area contributed by atoms with E-state index in [-0.39, 0.29) is 0 Å². The van der Waals surface area contributed by atoms with Crippen LogP contribution in [0.1, 0.15) is 66.6 Å². The number of hydrogen-bond donors (Lipinski definition) is 1. The Bertz CT molecular complexity index is 4440. The maximum Gasteiger partial charge on any atom is 0.0732 e. The van der Waals surface area contributed by atoms with Crippen molar-refractivity contribution >= 4 is 112 Å². The third-order valence-corrected chi connectivity index (χ3v) is 17.8. The predicted molar refractivity (Wildman–Crippen MR) is 347 cm³/mol. The van der Waals surface area contributed by atoms with Crippen LogP contribution in [0.4, 0.5) is 28.4 Å².